The standard InChI is InChI=1S/C16H16FN3/c1-3-13(16-10(2)19-9-20-16)11-4-5-14-12(6-11)7-18-8-15(14)17/h4-9,13H,3H2,1-2H3,(H,19,20). The Kier molecular flexibility index (Phi) is 3.22. The van der Waals surface area contributed by atoms with Gasteiger partial charge in [0.15, 0.2) is 0 Å². The summed E-state index contributed by atoms with van der Waals surface area (Å²) in [5.41, 5.74) is 3.28. The molecular formula is C16H16FN3. The molecule has 0 aliphatic heterocycles. The summed E-state index contributed by atoms with van der Waals surface area (Å²) in [4.78, 5) is 11.4. The molecule has 2 heterocycles. The second-order valence-electron chi connectivity index (χ2n) is 4.96. The van der Waals surface area contributed by atoms with Gasteiger partial charge < -0.3 is 4.98 Å². The van der Waals surface area contributed by atoms with Crippen LogP contribution in [0.15, 0.2) is 36.9 Å². The van der Waals surface area contributed by atoms with Gasteiger partial charge in [0.2, 0.25) is 0 Å². The van der Waals surface area contributed by atoms with Gasteiger partial charge in [0.05, 0.1) is 18.2 Å². The van der Waals surface area contributed by atoms with Crippen molar-refractivity contribution in [3.8, 4) is 0 Å². The number of fused-ring (bicyclic) bond motifs is 1. The number of hydrogen-bond donors (Lipinski definition) is 1. The zero-order valence-corrected chi connectivity index (χ0v) is 11.5. The fourth-order valence-corrected chi connectivity index (χ4v) is 2.71. The van der Waals surface area contributed by atoms with Crippen molar-refractivity contribution in [3.63, 3.8) is 0 Å². The van der Waals surface area contributed by atoms with E-state index < -0.39 is 0 Å². The van der Waals surface area contributed by atoms with E-state index in [4.69, 9.17) is 0 Å². The molecule has 0 spiro atoms. The maximum atomic E-state index is 13.7. The van der Waals surface area contributed by atoms with Gasteiger partial charge in [0, 0.05) is 28.6 Å². The number of nitrogens with zero attached hydrogens (tertiary/aromatic N) is 2. The number of pyridine rings is 1. The van der Waals surface area contributed by atoms with Gasteiger partial charge in [-0.1, -0.05) is 19.1 Å². The number of rotatable bonds is 3. The Balaban J connectivity index is 2.11. The minimum Gasteiger partial charge on any atom is -0.348 e. The molecule has 1 unspecified atom stereocenters. The van der Waals surface area contributed by atoms with Gasteiger partial charge in [0.25, 0.3) is 0 Å². The molecule has 1 N–H and O–H groups in total. The number of benzene rings is 1. The van der Waals surface area contributed by atoms with Crippen LogP contribution in [0.2, 0.25) is 0 Å². The van der Waals surface area contributed by atoms with Crippen molar-refractivity contribution in [1.82, 2.24) is 15.0 Å². The lowest BCUT2D eigenvalue weighted by Gasteiger charge is -2.15. The van der Waals surface area contributed by atoms with Crippen LogP contribution in [0, 0.1) is 12.7 Å². The molecule has 0 saturated carbocycles. The lowest BCUT2D eigenvalue weighted by Crippen LogP contribution is -2.02. The molecule has 0 aliphatic rings. The molecule has 3 aromatic rings. The molecule has 0 bridgehead atoms. The highest BCUT2D eigenvalue weighted by Gasteiger charge is 2.17. The van der Waals surface area contributed by atoms with E-state index in [9.17, 15) is 4.39 Å². The van der Waals surface area contributed by atoms with E-state index in [0.29, 0.717) is 5.39 Å². The zero-order chi connectivity index (χ0) is 14.1. The average Bonchev–Trinajstić information content (AvgIpc) is 2.86. The van der Waals surface area contributed by atoms with Crippen LogP contribution in [0.25, 0.3) is 10.8 Å². The van der Waals surface area contributed by atoms with Crippen molar-refractivity contribution < 1.29 is 4.39 Å². The van der Waals surface area contributed by atoms with Crippen molar-refractivity contribution in [3.05, 3.63) is 59.7 Å². The van der Waals surface area contributed by atoms with Gasteiger partial charge in [-0.05, 0) is 25.0 Å². The van der Waals surface area contributed by atoms with Gasteiger partial charge >= 0.3 is 0 Å². The number of hydrogen-bond acceptors (Lipinski definition) is 2. The number of halogens is 1. The van der Waals surface area contributed by atoms with Crippen molar-refractivity contribution in [1.29, 1.82) is 0 Å². The Bertz CT molecular complexity index is 748. The first-order valence-corrected chi connectivity index (χ1v) is 6.73. The fraction of sp³-hybridized carbons (Fsp3) is 0.250. The molecule has 20 heavy (non-hydrogen) atoms. The molecule has 0 fully saturated rings. The zero-order valence-electron chi connectivity index (χ0n) is 11.5. The fourth-order valence-electron chi connectivity index (χ4n) is 2.71. The van der Waals surface area contributed by atoms with E-state index in [0.717, 1.165) is 28.8 Å². The highest BCUT2D eigenvalue weighted by Crippen LogP contribution is 2.30. The lowest BCUT2D eigenvalue weighted by molar-refractivity contribution is 0.634. The minimum atomic E-state index is -0.278. The minimum absolute atomic E-state index is 0.241. The van der Waals surface area contributed by atoms with Crippen LogP contribution in [0.4, 0.5) is 4.39 Å². The third kappa shape index (κ3) is 2.07. The third-order valence-electron chi connectivity index (χ3n) is 3.76. The van der Waals surface area contributed by atoms with Gasteiger partial charge in [-0.25, -0.2) is 9.37 Å². The Hall–Kier alpha value is -2.23. The predicted molar refractivity (Wildman–Crippen MR) is 77.2 cm³/mol. The average molecular weight is 269 g/mol. The quantitative estimate of drug-likeness (QED) is 0.782. The van der Waals surface area contributed by atoms with E-state index in [1.807, 2.05) is 25.1 Å². The Morgan fingerprint density at radius 2 is 2.15 bits per heavy atom. The van der Waals surface area contributed by atoms with Crippen molar-refractivity contribution in [2.24, 2.45) is 0 Å². The monoisotopic (exact) mass is 269 g/mol. The van der Waals surface area contributed by atoms with Crippen molar-refractivity contribution in [2.45, 2.75) is 26.2 Å². The number of aromatic amines is 1. The number of nitrogens with one attached hydrogen (secondary N) is 1. The summed E-state index contributed by atoms with van der Waals surface area (Å²) in [6, 6.07) is 5.83. The van der Waals surface area contributed by atoms with E-state index in [-0.39, 0.29) is 11.7 Å². The summed E-state index contributed by atoms with van der Waals surface area (Å²) in [5.74, 6) is -0.0370. The van der Waals surface area contributed by atoms with E-state index in [1.165, 1.54) is 6.20 Å². The van der Waals surface area contributed by atoms with Gasteiger partial charge in [-0.15, -0.1) is 0 Å². The maximum absolute atomic E-state index is 13.7. The molecule has 1 aromatic carbocycles. The normalized spacial score (nSPS) is 12.8. The highest BCUT2D eigenvalue weighted by atomic mass is 19.1. The molecule has 102 valence electrons. The third-order valence-corrected chi connectivity index (χ3v) is 3.76. The SMILES string of the molecule is CCC(c1ccc2c(F)cncc2c1)c1[nH]cnc1C. The number of imidazole rings is 1. The van der Waals surface area contributed by atoms with Crippen LogP contribution >= 0.6 is 0 Å². The summed E-state index contributed by atoms with van der Waals surface area (Å²) in [7, 11) is 0. The lowest BCUT2D eigenvalue weighted by atomic mass is 9.91. The molecule has 2 aromatic heterocycles. The first kappa shape index (κ1) is 12.8. The summed E-state index contributed by atoms with van der Waals surface area (Å²) in [5, 5.41) is 1.44. The predicted octanol–water partition coefficient (Wildman–Crippen LogP) is 3.95. The van der Waals surface area contributed by atoms with Crippen LogP contribution in [0.5, 0.6) is 0 Å². The van der Waals surface area contributed by atoms with Crippen molar-refractivity contribution >= 4 is 10.8 Å². The smallest absolute Gasteiger partial charge is 0.149 e. The summed E-state index contributed by atoms with van der Waals surface area (Å²) in [6.07, 6.45) is 5.62. The Morgan fingerprint density at radius 3 is 2.85 bits per heavy atom. The second kappa shape index (κ2) is 5.04. The topological polar surface area (TPSA) is 41.6 Å². The second-order valence-corrected chi connectivity index (χ2v) is 4.96. The molecule has 1 atom stereocenters. The van der Waals surface area contributed by atoms with Gasteiger partial charge in [-0.3, -0.25) is 4.98 Å². The molecule has 3 nitrogen and oxygen atoms in total. The number of aryl methyl sites for hydroxylation is 1. The van der Waals surface area contributed by atoms with Gasteiger partial charge in [0.1, 0.15) is 5.82 Å². The molecule has 3 rings (SSSR count). The molecule has 4 heteroatoms. The summed E-state index contributed by atoms with van der Waals surface area (Å²) < 4.78 is 13.7. The summed E-state index contributed by atoms with van der Waals surface area (Å²) >= 11 is 0. The number of aromatic nitrogens is 3. The highest BCUT2D eigenvalue weighted by molar-refractivity contribution is 5.82. The Morgan fingerprint density at radius 1 is 1.30 bits per heavy atom. The maximum Gasteiger partial charge on any atom is 0.149 e. The molecule has 0 aliphatic carbocycles. The van der Waals surface area contributed by atoms with E-state index >= 15 is 0 Å². The summed E-state index contributed by atoms with van der Waals surface area (Å²) in [6.45, 7) is 4.13. The van der Waals surface area contributed by atoms with Crippen LogP contribution in [0.1, 0.15) is 36.2 Å². The van der Waals surface area contributed by atoms with E-state index in [2.05, 4.69) is 21.9 Å². The first-order chi connectivity index (χ1) is 9.70. The van der Waals surface area contributed by atoms with Crippen molar-refractivity contribution in [2.75, 3.05) is 0 Å². The first-order valence-electron chi connectivity index (χ1n) is 6.73. The molecule has 0 amide bonds. The van der Waals surface area contributed by atoms with Crippen LogP contribution in [-0.4, -0.2) is 15.0 Å². The molecular weight excluding hydrogens is 253 g/mol. The van der Waals surface area contributed by atoms with Gasteiger partial charge in [-0.2, -0.15) is 0 Å². The van der Waals surface area contributed by atoms with E-state index in [1.54, 1.807) is 12.5 Å². The van der Waals surface area contributed by atoms with Crippen LogP contribution in [-0.2, 0) is 0 Å². The number of H-pyrrole nitrogens is 1. The van der Waals surface area contributed by atoms with Crippen LogP contribution < -0.4 is 0 Å². The van der Waals surface area contributed by atoms with Crippen LogP contribution in [0.3, 0.4) is 0 Å². The molecule has 0 radical (unpaired) electrons. The molecule has 0 saturated heterocycles. The Labute approximate surface area is 116 Å². The largest absolute Gasteiger partial charge is 0.348 e.